The second-order valence-corrected chi connectivity index (χ2v) is 6.55. The Kier molecular flexibility index (Phi) is 4.68. The Morgan fingerprint density at radius 2 is 2.00 bits per heavy atom. The molecule has 0 amide bonds. The molecular weight excluding hydrogens is 285 g/mol. The molecule has 1 atom stereocenters. The SMILES string of the molecule is CNC(Cc1ccc(Cl)s1)c1cc(C)cc(Cl)c1. The molecule has 0 aliphatic heterocycles. The quantitative estimate of drug-likeness (QED) is 0.849. The highest BCUT2D eigenvalue weighted by Gasteiger charge is 2.12. The first kappa shape index (κ1) is 13.9. The monoisotopic (exact) mass is 299 g/mol. The van der Waals surface area contributed by atoms with Gasteiger partial charge in [-0.2, -0.15) is 0 Å². The first-order valence-electron chi connectivity index (χ1n) is 5.77. The van der Waals surface area contributed by atoms with Crippen molar-refractivity contribution in [1.82, 2.24) is 5.32 Å². The number of halogens is 2. The summed E-state index contributed by atoms with van der Waals surface area (Å²) in [6.45, 7) is 2.06. The molecule has 4 heteroatoms. The lowest BCUT2D eigenvalue weighted by Gasteiger charge is -2.16. The van der Waals surface area contributed by atoms with Gasteiger partial charge in [-0.3, -0.25) is 0 Å². The van der Waals surface area contributed by atoms with Crippen molar-refractivity contribution in [2.75, 3.05) is 7.05 Å². The number of likely N-dealkylation sites (N-methyl/N-ethyl adjacent to an activating group) is 1. The molecule has 0 radical (unpaired) electrons. The number of hydrogen-bond acceptors (Lipinski definition) is 2. The third kappa shape index (κ3) is 3.48. The van der Waals surface area contributed by atoms with Crippen molar-refractivity contribution < 1.29 is 0 Å². The van der Waals surface area contributed by atoms with E-state index in [-0.39, 0.29) is 6.04 Å². The fourth-order valence-corrected chi connectivity index (χ4v) is 3.45. The molecular formula is C14H15Cl2NS. The summed E-state index contributed by atoms with van der Waals surface area (Å²) in [5.41, 5.74) is 2.40. The molecule has 1 N–H and O–H groups in total. The van der Waals surface area contributed by atoms with Crippen molar-refractivity contribution in [3.8, 4) is 0 Å². The van der Waals surface area contributed by atoms with Crippen LogP contribution >= 0.6 is 34.5 Å². The maximum absolute atomic E-state index is 6.11. The van der Waals surface area contributed by atoms with Gasteiger partial charge in [0, 0.05) is 22.4 Å². The van der Waals surface area contributed by atoms with E-state index in [1.54, 1.807) is 11.3 Å². The van der Waals surface area contributed by atoms with Gasteiger partial charge >= 0.3 is 0 Å². The summed E-state index contributed by atoms with van der Waals surface area (Å²) in [7, 11) is 1.97. The standard InChI is InChI=1S/C14H15Cl2NS/c1-9-5-10(7-11(15)6-9)13(17-2)8-12-3-4-14(16)18-12/h3-7,13,17H,8H2,1-2H3. The summed E-state index contributed by atoms with van der Waals surface area (Å²) < 4.78 is 0.835. The van der Waals surface area contributed by atoms with Crippen LogP contribution in [0.15, 0.2) is 30.3 Å². The van der Waals surface area contributed by atoms with E-state index in [0.717, 1.165) is 15.8 Å². The van der Waals surface area contributed by atoms with Crippen molar-refractivity contribution in [2.24, 2.45) is 0 Å². The summed E-state index contributed by atoms with van der Waals surface area (Å²) in [6.07, 6.45) is 0.924. The summed E-state index contributed by atoms with van der Waals surface area (Å²) in [5, 5.41) is 4.12. The summed E-state index contributed by atoms with van der Waals surface area (Å²) in [5.74, 6) is 0. The number of aryl methyl sites for hydroxylation is 1. The van der Waals surface area contributed by atoms with Crippen LogP contribution in [0.2, 0.25) is 9.36 Å². The average Bonchev–Trinajstić information content (AvgIpc) is 2.70. The zero-order valence-corrected chi connectivity index (χ0v) is 12.7. The van der Waals surface area contributed by atoms with Crippen LogP contribution in [0, 0.1) is 6.92 Å². The van der Waals surface area contributed by atoms with Crippen LogP contribution in [0.5, 0.6) is 0 Å². The van der Waals surface area contributed by atoms with Crippen LogP contribution in [0.1, 0.15) is 22.0 Å². The highest BCUT2D eigenvalue weighted by Crippen LogP contribution is 2.28. The van der Waals surface area contributed by atoms with E-state index in [1.807, 2.05) is 25.2 Å². The van der Waals surface area contributed by atoms with Gasteiger partial charge in [0.15, 0.2) is 0 Å². The molecule has 0 spiro atoms. The average molecular weight is 300 g/mol. The number of rotatable bonds is 4. The van der Waals surface area contributed by atoms with E-state index in [1.165, 1.54) is 16.0 Å². The summed E-state index contributed by atoms with van der Waals surface area (Å²) in [6, 6.07) is 10.4. The summed E-state index contributed by atoms with van der Waals surface area (Å²) >= 11 is 13.7. The van der Waals surface area contributed by atoms with Gasteiger partial charge in [-0.25, -0.2) is 0 Å². The molecule has 0 aliphatic carbocycles. The number of benzene rings is 1. The molecule has 0 aliphatic rings. The number of thiophene rings is 1. The number of hydrogen-bond donors (Lipinski definition) is 1. The molecule has 96 valence electrons. The van der Waals surface area contributed by atoms with Gasteiger partial charge in [0.05, 0.1) is 4.34 Å². The summed E-state index contributed by atoms with van der Waals surface area (Å²) in [4.78, 5) is 1.27. The fourth-order valence-electron chi connectivity index (χ4n) is 2.02. The Labute approximate surface area is 122 Å². The van der Waals surface area contributed by atoms with E-state index < -0.39 is 0 Å². The number of nitrogens with one attached hydrogen (secondary N) is 1. The maximum atomic E-state index is 6.11. The van der Waals surface area contributed by atoms with Gasteiger partial charge in [0.25, 0.3) is 0 Å². The van der Waals surface area contributed by atoms with E-state index in [2.05, 4.69) is 24.4 Å². The van der Waals surface area contributed by atoms with Gasteiger partial charge in [-0.1, -0.05) is 29.3 Å². The predicted octanol–water partition coefficient (Wildman–Crippen LogP) is 4.87. The second kappa shape index (κ2) is 6.07. The molecule has 0 bridgehead atoms. The lowest BCUT2D eigenvalue weighted by atomic mass is 10.0. The third-order valence-electron chi connectivity index (χ3n) is 2.85. The van der Waals surface area contributed by atoms with E-state index in [4.69, 9.17) is 23.2 Å². The lowest BCUT2D eigenvalue weighted by molar-refractivity contribution is 0.596. The minimum Gasteiger partial charge on any atom is -0.313 e. The Morgan fingerprint density at radius 1 is 1.22 bits per heavy atom. The zero-order valence-electron chi connectivity index (χ0n) is 10.3. The van der Waals surface area contributed by atoms with Crippen LogP contribution in [-0.2, 0) is 6.42 Å². The van der Waals surface area contributed by atoms with E-state index in [9.17, 15) is 0 Å². The van der Waals surface area contributed by atoms with Crippen molar-refractivity contribution in [2.45, 2.75) is 19.4 Å². The van der Waals surface area contributed by atoms with E-state index >= 15 is 0 Å². The molecule has 1 heterocycles. The largest absolute Gasteiger partial charge is 0.313 e. The fraction of sp³-hybridized carbons (Fsp3) is 0.286. The first-order valence-corrected chi connectivity index (χ1v) is 7.34. The van der Waals surface area contributed by atoms with Crippen molar-refractivity contribution in [1.29, 1.82) is 0 Å². The van der Waals surface area contributed by atoms with Gasteiger partial charge in [0.2, 0.25) is 0 Å². The minimum atomic E-state index is 0.261. The molecule has 18 heavy (non-hydrogen) atoms. The first-order chi connectivity index (χ1) is 8.58. The van der Waals surface area contributed by atoms with Crippen molar-refractivity contribution >= 4 is 34.5 Å². The Morgan fingerprint density at radius 3 is 2.56 bits per heavy atom. The maximum Gasteiger partial charge on any atom is 0.0931 e. The molecule has 1 aromatic heterocycles. The Hall–Kier alpha value is -0.540. The molecule has 0 fully saturated rings. The molecule has 2 rings (SSSR count). The van der Waals surface area contributed by atoms with Gasteiger partial charge < -0.3 is 5.32 Å². The lowest BCUT2D eigenvalue weighted by Crippen LogP contribution is -2.18. The van der Waals surface area contributed by atoms with Crippen LogP contribution in [0.25, 0.3) is 0 Å². The molecule has 1 nitrogen and oxygen atoms in total. The minimum absolute atomic E-state index is 0.261. The molecule has 0 saturated heterocycles. The van der Waals surface area contributed by atoms with Gasteiger partial charge in [-0.05, 0) is 49.4 Å². The second-order valence-electron chi connectivity index (χ2n) is 4.31. The highest BCUT2D eigenvalue weighted by molar-refractivity contribution is 7.16. The zero-order chi connectivity index (χ0) is 13.1. The normalized spacial score (nSPS) is 12.7. The van der Waals surface area contributed by atoms with Crippen molar-refractivity contribution in [3.63, 3.8) is 0 Å². The topological polar surface area (TPSA) is 12.0 Å². The molecule has 1 aromatic carbocycles. The Balaban J connectivity index is 2.22. The van der Waals surface area contributed by atoms with Crippen LogP contribution < -0.4 is 5.32 Å². The Bertz CT molecular complexity index is 516. The molecule has 2 aromatic rings. The van der Waals surface area contributed by atoms with Crippen LogP contribution in [0.3, 0.4) is 0 Å². The predicted molar refractivity (Wildman–Crippen MR) is 81.0 cm³/mol. The molecule has 1 unspecified atom stereocenters. The smallest absolute Gasteiger partial charge is 0.0931 e. The third-order valence-corrected chi connectivity index (χ3v) is 4.32. The molecule has 0 saturated carbocycles. The van der Waals surface area contributed by atoms with E-state index in [0.29, 0.717) is 0 Å². The van der Waals surface area contributed by atoms with Gasteiger partial charge in [-0.15, -0.1) is 11.3 Å². The highest BCUT2D eigenvalue weighted by atomic mass is 35.5. The van der Waals surface area contributed by atoms with Crippen LogP contribution in [-0.4, -0.2) is 7.05 Å². The van der Waals surface area contributed by atoms with Crippen molar-refractivity contribution in [3.05, 3.63) is 55.7 Å². The van der Waals surface area contributed by atoms with Crippen LogP contribution in [0.4, 0.5) is 0 Å². The van der Waals surface area contributed by atoms with Gasteiger partial charge in [0.1, 0.15) is 0 Å².